The van der Waals surface area contributed by atoms with Gasteiger partial charge in [-0.15, -0.1) is 0 Å². The second-order valence-corrected chi connectivity index (χ2v) is 5.05. The molecule has 102 valence electrons. The molecule has 5 nitrogen and oxygen atoms in total. The van der Waals surface area contributed by atoms with E-state index in [1.165, 1.54) is 0 Å². The molecule has 0 atom stereocenters. The fraction of sp³-hybridized carbons (Fsp3) is 0.214. The highest BCUT2D eigenvalue weighted by atomic mass is 35.5. The van der Waals surface area contributed by atoms with Gasteiger partial charge in [-0.25, -0.2) is 0 Å². The van der Waals surface area contributed by atoms with Crippen molar-refractivity contribution in [1.82, 2.24) is 5.16 Å². The number of nitrogens with zero attached hydrogens (tertiary/aromatic N) is 2. The zero-order chi connectivity index (χ0) is 14.4. The normalized spacial score (nSPS) is 13.8. The molecule has 1 aliphatic heterocycles. The van der Waals surface area contributed by atoms with Crippen LogP contribution in [0.2, 0.25) is 0 Å². The van der Waals surface area contributed by atoms with Crippen LogP contribution in [-0.4, -0.2) is 23.4 Å². The summed E-state index contributed by atoms with van der Waals surface area (Å²) in [6.45, 7) is 1.64. The third-order valence-corrected chi connectivity index (χ3v) is 3.68. The molecule has 6 heteroatoms. The predicted octanol–water partition coefficient (Wildman–Crippen LogP) is 2.55. The van der Waals surface area contributed by atoms with Crippen molar-refractivity contribution in [1.29, 1.82) is 0 Å². The maximum atomic E-state index is 11.7. The summed E-state index contributed by atoms with van der Waals surface area (Å²) in [5, 5.41) is 3.29. The van der Waals surface area contributed by atoms with E-state index >= 15 is 0 Å². The zero-order valence-electron chi connectivity index (χ0n) is 10.9. The Balaban J connectivity index is 2.12. The molecular formula is C14H11ClN2O3. The molecule has 0 aliphatic carbocycles. The lowest BCUT2D eigenvalue weighted by Gasteiger charge is -2.10. The highest BCUT2D eigenvalue weighted by Gasteiger charge is 2.26. The fourth-order valence-corrected chi connectivity index (χ4v) is 2.64. The van der Waals surface area contributed by atoms with Crippen LogP contribution in [0.25, 0.3) is 11.3 Å². The van der Waals surface area contributed by atoms with Gasteiger partial charge in [0.05, 0.1) is 6.42 Å². The average molecular weight is 291 g/mol. The van der Waals surface area contributed by atoms with Crippen LogP contribution in [0.5, 0.6) is 0 Å². The van der Waals surface area contributed by atoms with Gasteiger partial charge in [-0.05, 0) is 36.2 Å². The number of halogens is 1. The molecule has 0 fully saturated rings. The summed E-state index contributed by atoms with van der Waals surface area (Å²) in [4.78, 5) is 24.7. The van der Waals surface area contributed by atoms with E-state index in [-0.39, 0.29) is 11.5 Å². The minimum absolute atomic E-state index is 0.0436. The van der Waals surface area contributed by atoms with Gasteiger partial charge in [-0.3, -0.25) is 9.59 Å². The van der Waals surface area contributed by atoms with Crippen molar-refractivity contribution < 1.29 is 14.1 Å². The van der Waals surface area contributed by atoms with Crippen molar-refractivity contribution in [2.75, 3.05) is 11.9 Å². The number of anilines is 1. The predicted molar refractivity (Wildman–Crippen MR) is 74.0 cm³/mol. The Morgan fingerprint density at radius 3 is 2.90 bits per heavy atom. The van der Waals surface area contributed by atoms with Gasteiger partial charge in [0.15, 0.2) is 0 Å². The number of likely N-dealkylation sites (N-methyl/N-ethyl adjacent to an activating group) is 1. The molecule has 1 aromatic heterocycles. The van der Waals surface area contributed by atoms with Gasteiger partial charge in [0, 0.05) is 18.3 Å². The molecule has 0 spiro atoms. The van der Waals surface area contributed by atoms with E-state index < -0.39 is 5.24 Å². The van der Waals surface area contributed by atoms with Gasteiger partial charge in [-0.2, -0.15) is 0 Å². The standard InChI is InChI=1S/C14H11ClN2O3/c1-7-12(14(15)19)13(16-20-7)8-3-4-10-9(5-8)6-11(18)17(10)2/h3-5H,6H2,1-2H3. The summed E-state index contributed by atoms with van der Waals surface area (Å²) in [5.41, 5.74) is 3.17. The number of fused-ring (bicyclic) bond motifs is 1. The summed E-state index contributed by atoms with van der Waals surface area (Å²) in [6.07, 6.45) is 0.348. The largest absolute Gasteiger partial charge is 0.360 e. The third-order valence-electron chi connectivity index (χ3n) is 3.49. The first-order chi connectivity index (χ1) is 9.49. The maximum absolute atomic E-state index is 11.7. The molecule has 0 bridgehead atoms. The Kier molecular flexibility index (Phi) is 2.87. The molecule has 0 saturated heterocycles. The molecule has 1 aliphatic rings. The summed E-state index contributed by atoms with van der Waals surface area (Å²) in [6, 6.07) is 5.48. The summed E-state index contributed by atoms with van der Waals surface area (Å²) >= 11 is 5.57. The van der Waals surface area contributed by atoms with Crippen molar-refractivity contribution in [2.45, 2.75) is 13.3 Å². The lowest BCUT2D eigenvalue weighted by Crippen LogP contribution is -2.20. The van der Waals surface area contributed by atoms with Gasteiger partial charge < -0.3 is 9.42 Å². The minimum Gasteiger partial charge on any atom is -0.360 e. The van der Waals surface area contributed by atoms with Gasteiger partial charge in [0.1, 0.15) is 17.0 Å². The number of carbonyl (C=O) groups excluding carboxylic acids is 2. The summed E-state index contributed by atoms with van der Waals surface area (Å²) in [7, 11) is 1.74. The van der Waals surface area contributed by atoms with Crippen molar-refractivity contribution in [3.63, 3.8) is 0 Å². The monoisotopic (exact) mass is 290 g/mol. The maximum Gasteiger partial charge on any atom is 0.258 e. The minimum atomic E-state index is -0.604. The summed E-state index contributed by atoms with van der Waals surface area (Å²) in [5.74, 6) is 0.427. The molecular weight excluding hydrogens is 280 g/mol. The average Bonchev–Trinajstić information content (AvgIpc) is 2.91. The van der Waals surface area contributed by atoms with E-state index in [9.17, 15) is 9.59 Å². The van der Waals surface area contributed by atoms with E-state index in [2.05, 4.69) is 5.16 Å². The molecule has 2 heterocycles. The first-order valence-electron chi connectivity index (χ1n) is 6.05. The SMILES string of the molecule is Cc1onc(-c2ccc3c(c2)CC(=O)N3C)c1C(=O)Cl. The number of rotatable bonds is 2. The molecule has 0 N–H and O–H groups in total. The topological polar surface area (TPSA) is 63.4 Å². The van der Waals surface area contributed by atoms with Gasteiger partial charge >= 0.3 is 0 Å². The quantitative estimate of drug-likeness (QED) is 0.797. The second kappa shape index (κ2) is 4.45. The Bertz CT molecular complexity index is 736. The van der Waals surface area contributed by atoms with Crippen LogP contribution in [0, 0.1) is 6.92 Å². The van der Waals surface area contributed by atoms with Crippen molar-refractivity contribution in [3.8, 4) is 11.3 Å². The number of hydrogen-bond acceptors (Lipinski definition) is 4. The van der Waals surface area contributed by atoms with E-state index in [1.807, 2.05) is 12.1 Å². The van der Waals surface area contributed by atoms with Crippen molar-refractivity contribution >= 4 is 28.4 Å². The molecule has 0 radical (unpaired) electrons. The highest BCUT2D eigenvalue weighted by Crippen LogP contribution is 2.33. The van der Waals surface area contributed by atoms with Gasteiger partial charge in [0.25, 0.3) is 5.24 Å². The smallest absolute Gasteiger partial charge is 0.258 e. The molecule has 1 aromatic carbocycles. The first kappa shape index (κ1) is 12.9. The van der Waals surface area contributed by atoms with Crippen LogP contribution >= 0.6 is 11.6 Å². The molecule has 20 heavy (non-hydrogen) atoms. The lowest BCUT2D eigenvalue weighted by atomic mass is 10.0. The number of amides is 1. The zero-order valence-corrected chi connectivity index (χ0v) is 11.7. The summed E-state index contributed by atoms with van der Waals surface area (Å²) < 4.78 is 5.04. The van der Waals surface area contributed by atoms with Crippen LogP contribution in [0.15, 0.2) is 22.7 Å². The fourth-order valence-electron chi connectivity index (χ4n) is 2.42. The molecule has 0 saturated carbocycles. The van der Waals surface area contributed by atoms with E-state index in [0.29, 0.717) is 23.4 Å². The van der Waals surface area contributed by atoms with Gasteiger partial charge in [-0.1, -0.05) is 11.2 Å². The van der Waals surface area contributed by atoms with Crippen molar-refractivity contribution in [3.05, 3.63) is 35.1 Å². The molecule has 3 rings (SSSR count). The molecule has 1 amide bonds. The number of aromatic nitrogens is 1. The van der Waals surface area contributed by atoms with E-state index in [4.69, 9.17) is 16.1 Å². The van der Waals surface area contributed by atoms with E-state index in [0.717, 1.165) is 11.3 Å². The molecule has 0 unspecified atom stereocenters. The Morgan fingerprint density at radius 1 is 1.45 bits per heavy atom. The Labute approximate surface area is 120 Å². The van der Waals surface area contributed by atoms with Gasteiger partial charge in [0.2, 0.25) is 5.91 Å². The molecule has 2 aromatic rings. The second-order valence-electron chi connectivity index (χ2n) is 4.71. The number of carbonyl (C=O) groups is 2. The third kappa shape index (κ3) is 1.82. The van der Waals surface area contributed by atoms with Crippen LogP contribution in [0.4, 0.5) is 5.69 Å². The first-order valence-corrected chi connectivity index (χ1v) is 6.43. The van der Waals surface area contributed by atoms with E-state index in [1.54, 1.807) is 24.9 Å². The Hall–Kier alpha value is -2.14. The van der Waals surface area contributed by atoms with Crippen LogP contribution in [0.1, 0.15) is 21.7 Å². The van der Waals surface area contributed by atoms with Crippen molar-refractivity contribution in [2.24, 2.45) is 0 Å². The van der Waals surface area contributed by atoms with Crippen LogP contribution < -0.4 is 4.90 Å². The van der Waals surface area contributed by atoms with Crippen LogP contribution in [0.3, 0.4) is 0 Å². The number of hydrogen-bond donors (Lipinski definition) is 0. The van der Waals surface area contributed by atoms with Crippen LogP contribution in [-0.2, 0) is 11.2 Å². The highest BCUT2D eigenvalue weighted by molar-refractivity contribution is 6.68. The number of benzene rings is 1. The number of aryl methyl sites for hydroxylation is 1. The lowest BCUT2D eigenvalue weighted by molar-refractivity contribution is -0.117. The Morgan fingerprint density at radius 2 is 2.20 bits per heavy atom.